The van der Waals surface area contributed by atoms with Gasteiger partial charge in [-0.1, -0.05) is 12.1 Å². The van der Waals surface area contributed by atoms with E-state index in [2.05, 4.69) is 10.3 Å². The van der Waals surface area contributed by atoms with Crippen LogP contribution in [0.15, 0.2) is 60.8 Å². The first kappa shape index (κ1) is 20.2. The largest absolute Gasteiger partial charge is 0.454 e. The standard InChI is InChI=1S/C23H19FN4O3/c1-28-18(14-30-23(28)29)11-15-4-7-19(8-5-15)31-21-9-6-17(12-20(21)24)27-22-16(13-25)3-2-10-26-22/h2-10,12,18H,11,14H2,1H3,(H,26,27)/t18-/m0/s1. The maximum Gasteiger partial charge on any atom is 0.409 e. The number of ether oxygens (including phenoxy) is 2. The van der Waals surface area contributed by atoms with E-state index in [9.17, 15) is 9.18 Å². The number of aromatic nitrogens is 1. The van der Waals surface area contributed by atoms with Gasteiger partial charge in [-0.3, -0.25) is 0 Å². The van der Waals surface area contributed by atoms with Crippen molar-refractivity contribution < 1.29 is 18.7 Å². The number of hydrogen-bond acceptors (Lipinski definition) is 6. The molecule has 0 aliphatic carbocycles. The van der Waals surface area contributed by atoms with Crippen LogP contribution in [0.1, 0.15) is 11.1 Å². The van der Waals surface area contributed by atoms with E-state index in [0.29, 0.717) is 35.8 Å². The lowest BCUT2D eigenvalue weighted by Gasteiger charge is -2.16. The number of amides is 1. The van der Waals surface area contributed by atoms with Gasteiger partial charge in [-0.25, -0.2) is 14.2 Å². The maximum atomic E-state index is 14.5. The predicted molar refractivity (Wildman–Crippen MR) is 112 cm³/mol. The second kappa shape index (κ2) is 8.71. The van der Waals surface area contributed by atoms with Gasteiger partial charge in [-0.15, -0.1) is 0 Å². The van der Waals surface area contributed by atoms with Gasteiger partial charge in [0.25, 0.3) is 0 Å². The molecule has 1 aromatic heterocycles. The summed E-state index contributed by atoms with van der Waals surface area (Å²) < 4.78 is 25.2. The Hall–Kier alpha value is -4.12. The molecule has 8 heteroatoms. The van der Waals surface area contributed by atoms with Crippen LogP contribution in [-0.2, 0) is 11.2 Å². The molecule has 0 saturated carbocycles. The molecule has 1 aliphatic heterocycles. The van der Waals surface area contributed by atoms with Crippen LogP contribution in [-0.4, -0.2) is 35.7 Å². The van der Waals surface area contributed by atoms with Gasteiger partial charge in [0.15, 0.2) is 11.6 Å². The number of nitrogens with zero attached hydrogens (tertiary/aromatic N) is 3. The van der Waals surface area contributed by atoms with Crippen molar-refractivity contribution in [2.24, 2.45) is 0 Å². The number of carbonyl (C=O) groups excluding carboxylic acids is 1. The first-order valence-electron chi connectivity index (χ1n) is 9.61. The fraction of sp³-hybridized carbons (Fsp3) is 0.174. The summed E-state index contributed by atoms with van der Waals surface area (Å²) in [7, 11) is 1.72. The maximum absolute atomic E-state index is 14.5. The number of halogens is 1. The van der Waals surface area contributed by atoms with Gasteiger partial charge >= 0.3 is 6.09 Å². The summed E-state index contributed by atoms with van der Waals surface area (Å²) in [5.41, 5.74) is 1.84. The van der Waals surface area contributed by atoms with Gasteiger partial charge in [0.05, 0.1) is 11.6 Å². The van der Waals surface area contributed by atoms with Crippen molar-refractivity contribution in [1.82, 2.24) is 9.88 Å². The Bertz CT molecular complexity index is 1140. The zero-order chi connectivity index (χ0) is 21.8. The summed E-state index contributed by atoms with van der Waals surface area (Å²) in [6.45, 7) is 0.369. The van der Waals surface area contributed by atoms with E-state index >= 15 is 0 Å². The molecule has 7 nitrogen and oxygen atoms in total. The molecule has 1 saturated heterocycles. The molecule has 31 heavy (non-hydrogen) atoms. The van der Waals surface area contributed by atoms with Gasteiger partial charge in [0.1, 0.15) is 24.2 Å². The lowest BCUT2D eigenvalue weighted by Crippen LogP contribution is -2.30. The van der Waals surface area contributed by atoms with Crippen LogP contribution >= 0.6 is 0 Å². The fourth-order valence-corrected chi connectivity index (χ4v) is 3.21. The Morgan fingerprint density at radius 3 is 2.77 bits per heavy atom. The normalized spacial score (nSPS) is 15.3. The van der Waals surface area contributed by atoms with E-state index < -0.39 is 5.82 Å². The lowest BCUT2D eigenvalue weighted by atomic mass is 10.1. The van der Waals surface area contributed by atoms with E-state index in [1.54, 1.807) is 48.5 Å². The van der Waals surface area contributed by atoms with Crippen molar-refractivity contribution in [3.05, 3.63) is 77.7 Å². The smallest absolute Gasteiger partial charge is 0.409 e. The lowest BCUT2D eigenvalue weighted by molar-refractivity contribution is 0.163. The van der Waals surface area contributed by atoms with Gasteiger partial charge in [0.2, 0.25) is 0 Å². The second-order valence-electron chi connectivity index (χ2n) is 7.07. The SMILES string of the molecule is CN1C(=O)OC[C@@H]1Cc1ccc(Oc2ccc(Nc3ncccc3C#N)cc2F)cc1. The topological polar surface area (TPSA) is 87.5 Å². The third-order valence-electron chi connectivity index (χ3n) is 4.98. The molecule has 2 aromatic carbocycles. The number of hydrogen-bond donors (Lipinski definition) is 1. The van der Waals surface area contributed by atoms with Crippen LogP contribution in [0.4, 0.5) is 20.7 Å². The average molecular weight is 418 g/mol. The fourth-order valence-electron chi connectivity index (χ4n) is 3.21. The number of benzene rings is 2. The molecule has 3 aromatic rings. The zero-order valence-electron chi connectivity index (χ0n) is 16.7. The number of nitrogens with one attached hydrogen (secondary N) is 1. The van der Waals surface area contributed by atoms with E-state index in [4.69, 9.17) is 14.7 Å². The molecule has 1 amide bonds. The monoisotopic (exact) mass is 418 g/mol. The number of anilines is 2. The highest BCUT2D eigenvalue weighted by Crippen LogP contribution is 2.29. The molecule has 0 bridgehead atoms. The molecule has 0 spiro atoms. The zero-order valence-corrected chi connectivity index (χ0v) is 16.7. The Balaban J connectivity index is 1.41. The third kappa shape index (κ3) is 4.56. The second-order valence-corrected chi connectivity index (χ2v) is 7.07. The Morgan fingerprint density at radius 2 is 2.10 bits per heavy atom. The third-order valence-corrected chi connectivity index (χ3v) is 4.98. The van der Waals surface area contributed by atoms with Gasteiger partial charge in [-0.05, 0) is 48.4 Å². The predicted octanol–water partition coefficient (Wildman–Crippen LogP) is 4.62. The van der Waals surface area contributed by atoms with Crippen molar-refractivity contribution in [2.45, 2.75) is 12.5 Å². The highest BCUT2D eigenvalue weighted by Gasteiger charge is 2.29. The van der Waals surface area contributed by atoms with Crippen molar-refractivity contribution >= 4 is 17.6 Å². The molecule has 1 atom stereocenters. The molecule has 1 fully saturated rings. The minimum absolute atomic E-state index is 0.00240. The summed E-state index contributed by atoms with van der Waals surface area (Å²) in [5, 5.41) is 12.1. The number of rotatable bonds is 6. The van der Waals surface area contributed by atoms with Crippen LogP contribution in [0.2, 0.25) is 0 Å². The molecule has 0 radical (unpaired) electrons. The van der Waals surface area contributed by atoms with Crippen molar-refractivity contribution in [2.75, 3.05) is 19.0 Å². The first-order chi connectivity index (χ1) is 15.0. The van der Waals surface area contributed by atoms with Gasteiger partial charge < -0.3 is 19.7 Å². The molecule has 0 unspecified atom stereocenters. The molecule has 4 rings (SSSR count). The van der Waals surface area contributed by atoms with Crippen LogP contribution in [0.25, 0.3) is 0 Å². The van der Waals surface area contributed by atoms with Crippen LogP contribution in [0.3, 0.4) is 0 Å². The molecule has 1 aliphatic rings. The summed E-state index contributed by atoms with van der Waals surface area (Å²) >= 11 is 0. The first-order valence-corrected chi connectivity index (χ1v) is 9.61. The molecule has 1 N–H and O–H groups in total. The Kier molecular flexibility index (Phi) is 5.67. The number of likely N-dealkylation sites (N-methyl/N-ethyl adjacent to an activating group) is 1. The molecule has 2 heterocycles. The summed E-state index contributed by atoms with van der Waals surface area (Å²) in [6.07, 6.45) is 1.90. The van der Waals surface area contributed by atoms with E-state index in [-0.39, 0.29) is 17.9 Å². The molecule has 156 valence electrons. The summed E-state index contributed by atoms with van der Waals surface area (Å²) in [6, 6.07) is 17.0. The van der Waals surface area contributed by atoms with Crippen molar-refractivity contribution in [3.63, 3.8) is 0 Å². The van der Waals surface area contributed by atoms with Crippen LogP contribution in [0.5, 0.6) is 11.5 Å². The highest BCUT2D eigenvalue weighted by molar-refractivity contribution is 5.69. The quantitative estimate of drug-likeness (QED) is 0.628. The summed E-state index contributed by atoms with van der Waals surface area (Å²) in [5.74, 6) is 0.377. The van der Waals surface area contributed by atoms with Crippen molar-refractivity contribution in [1.29, 1.82) is 5.26 Å². The Labute approximate surface area is 178 Å². The summed E-state index contributed by atoms with van der Waals surface area (Å²) in [4.78, 5) is 17.1. The number of carbonyl (C=O) groups is 1. The number of nitriles is 1. The minimum atomic E-state index is -0.549. The average Bonchev–Trinajstić information content (AvgIpc) is 3.09. The molecular formula is C23H19FN4O3. The van der Waals surface area contributed by atoms with E-state index in [1.807, 2.05) is 18.2 Å². The van der Waals surface area contributed by atoms with Gasteiger partial charge in [0, 0.05) is 25.0 Å². The molecular weight excluding hydrogens is 399 g/mol. The number of cyclic esters (lactones) is 1. The highest BCUT2D eigenvalue weighted by atomic mass is 19.1. The van der Waals surface area contributed by atoms with Crippen molar-refractivity contribution in [3.8, 4) is 17.6 Å². The Morgan fingerprint density at radius 1 is 1.29 bits per heavy atom. The van der Waals surface area contributed by atoms with Crippen LogP contribution < -0.4 is 10.1 Å². The van der Waals surface area contributed by atoms with Gasteiger partial charge in [-0.2, -0.15) is 5.26 Å². The van der Waals surface area contributed by atoms with E-state index in [1.165, 1.54) is 12.1 Å². The number of pyridine rings is 1. The minimum Gasteiger partial charge on any atom is -0.454 e. The van der Waals surface area contributed by atoms with E-state index in [0.717, 1.165) is 5.56 Å². The van der Waals surface area contributed by atoms with Crippen LogP contribution in [0, 0.1) is 17.1 Å².